The molecule has 6 N–H and O–H groups in total. The van der Waals surface area contributed by atoms with E-state index in [-0.39, 0.29) is 37.1 Å². The van der Waals surface area contributed by atoms with Crippen LogP contribution in [-0.4, -0.2) is 63.2 Å². The van der Waals surface area contributed by atoms with E-state index in [4.69, 9.17) is 0 Å². The summed E-state index contributed by atoms with van der Waals surface area (Å²) in [5.41, 5.74) is 0. The number of carbonyl (C=O) groups excluding carboxylic acids is 1. The lowest BCUT2D eigenvalue weighted by molar-refractivity contribution is -0.345. The third-order valence-electron chi connectivity index (χ3n) is 5.62. The second-order valence-corrected chi connectivity index (χ2v) is 8.47. The molecule has 11 heteroatoms. The van der Waals surface area contributed by atoms with Crippen LogP contribution in [0, 0.1) is 5.92 Å². The summed E-state index contributed by atoms with van der Waals surface area (Å²) >= 11 is 0. The number of hydrogen-bond acceptors (Lipinski definition) is 6. The molecule has 1 aliphatic carbocycles. The Balaban J connectivity index is 1.76. The Bertz CT molecular complexity index is 515. The zero-order valence-electron chi connectivity index (χ0n) is 18.1. The highest BCUT2D eigenvalue weighted by atomic mass is 19.4. The van der Waals surface area contributed by atoms with E-state index >= 15 is 0 Å². The Morgan fingerprint density at radius 3 is 2.40 bits per heavy atom. The average molecular weight is 439 g/mol. The molecule has 2 rings (SSSR count). The van der Waals surface area contributed by atoms with Crippen molar-refractivity contribution >= 4 is 6.03 Å². The molecular formula is C19H37F3N6O2. The van der Waals surface area contributed by atoms with Gasteiger partial charge in [-0.25, -0.2) is 4.79 Å². The number of rotatable bonds is 9. The molecule has 0 radical (unpaired) electrons. The molecule has 2 amide bonds. The fraction of sp³-hybridized carbons (Fsp3) is 0.947. The van der Waals surface area contributed by atoms with E-state index in [1.54, 1.807) is 0 Å². The van der Waals surface area contributed by atoms with Gasteiger partial charge in [-0.05, 0) is 64.6 Å². The van der Waals surface area contributed by atoms with Crippen molar-refractivity contribution in [3.05, 3.63) is 0 Å². The molecule has 1 saturated heterocycles. The third kappa shape index (κ3) is 9.34. The van der Waals surface area contributed by atoms with Gasteiger partial charge in [-0.1, -0.05) is 13.8 Å². The number of halogens is 3. The van der Waals surface area contributed by atoms with Crippen LogP contribution in [0.15, 0.2) is 0 Å². The van der Waals surface area contributed by atoms with E-state index in [0.29, 0.717) is 18.8 Å². The van der Waals surface area contributed by atoms with Crippen molar-refractivity contribution in [1.82, 2.24) is 31.9 Å². The van der Waals surface area contributed by atoms with Crippen molar-refractivity contribution in [2.75, 3.05) is 20.1 Å². The molecule has 1 heterocycles. The van der Waals surface area contributed by atoms with Gasteiger partial charge in [-0.3, -0.25) is 15.4 Å². The van der Waals surface area contributed by atoms with Gasteiger partial charge in [0.25, 0.3) is 0 Å². The predicted octanol–water partition coefficient (Wildman–Crippen LogP) is 1.55. The van der Waals surface area contributed by atoms with Crippen LogP contribution in [0.1, 0.15) is 52.4 Å². The highest BCUT2D eigenvalue weighted by Crippen LogP contribution is 2.28. The summed E-state index contributed by atoms with van der Waals surface area (Å²) < 4.78 is 41.0. The minimum atomic E-state index is -4.61. The van der Waals surface area contributed by atoms with Crippen LogP contribution in [0.4, 0.5) is 18.0 Å². The molecule has 3 atom stereocenters. The summed E-state index contributed by atoms with van der Waals surface area (Å²) in [7, 11) is 1.92. The van der Waals surface area contributed by atoms with Crippen LogP contribution in [0.25, 0.3) is 0 Å². The minimum absolute atomic E-state index is 0.0794. The van der Waals surface area contributed by atoms with Crippen LogP contribution < -0.4 is 31.9 Å². The first-order chi connectivity index (χ1) is 14.2. The third-order valence-corrected chi connectivity index (χ3v) is 5.62. The fourth-order valence-corrected chi connectivity index (χ4v) is 3.96. The molecule has 30 heavy (non-hydrogen) atoms. The molecule has 0 bridgehead atoms. The summed E-state index contributed by atoms with van der Waals surface area (Å²) in [6, 6.07) is -0.245. The normalized spacial score (nSPS) is 30.3. The van der Waals surface area contributed by atoms with E-state index < -0.39 is 18.8 Å². The Morgan fingerprint density at radius 1 is 1.10 bits per heavy atom. The van der Waals surface area contributed by atoms with Gasteiger partial charge in [0.2, 0.25) is 0 Å². The monoisotopic (exact) mass is 438 g/mol. The molecule has 0 spiro atoms. The lowest BCUT2D eigenvalue weighted by Gasteiger charge is -2.40. The Hall–Kier alpha value is -1.14. The molecule has 2 fully saturated rings. The first-order valence-corrected chi connectivity index (χ1v) is 10.9. The van der Waals surface area contributed by atoms with Gasteiger partial charge < -0.3 is 21.3 Å². The van der Waals surface area contributed by atoms with Gasteiger partial charge in [0.1, 0.15) is 6.29 Å². The standard InChI is InChI=1S/C19H37F3N6O2/c1-12(2)15-11-16(24-10-4-9-23-3)27-17(26-15)28-18(29)25-13-5-7-14(8-6-13)30-19(20,21)22/h12-17,23-24,26-27H,4-11H2,1-3H3,(H2,25,28,29). The zero-order valence-corrected chi connectivity index (χ0v) is 18.1. The van der Waals surface area contributed by atoms with Gasteiger partial charge in [0.15, 0.2) is 0 Å². The van der Waals surface area contributed by atoms with Crippen LogP contribution in [0.2, 0.25) is 0 Å². The van der Waals surface area contributed by atoms with Gasteiger partial charge in [0.05, 0.1) is 12.3 Å². The van der Waals surface area contributed by atoms with Crippen molar-refractivity contribution in [2.24, 2.45) is 5.92 Å². The maximum atomic E-state index is 12.4. The van der Waals surface area contributed by atoms with Gasteiger partial charge in [-0.15, -0.1) is 13.2 Å². The van der Waals surface area contributed by atoms with Crippen molar-refractivity contribution < 1.29 is 22.7 Å². The topological polar surface area (TPSA) is 98.5 Å². The molecule has 176 valence electrons. The van der Waals surface area contributed by atoms with Gasteiger partial charge in [-0.2, -0.15) is 0 Å². The fourth-order valence-electron chi connectivity index (χ4n) is 3.96. The second kappa shape index (κ2) is 12.0. The van der Waals surface area contributed by atoms with Gasteiger partial charge >= 0.3 is 12.4 Å². The van der Waals surface area contributed by atoms with Crippen LogP contribution >= 0.6 is 0 Å². The average Bonchev–Trinajstić information content (AvgIpc) is 2.65. The largest absolute Gasteiger partial charge is 0.522 e. The summed E-state index contributed by atoms with van der Waals surface area (Å²) in [6.45, 7) is 6.08. The maximum Gasteiger partial charge on any atom is 0.522 e. The lowest BCUT2D eigenvalue weighted by atomic mass is 9.93. The van der Waals surface area contributed by atoms with E-state index in [0.717, 1.165) is 25.9 Å². The molecule has 1 aliphatic heterocycles. The van der Waals surface area contributed by atoms with Crippen molar-refractivity contribution in [2.45, 2.75) is 89.4 Å². The first kappa shape index (κ1) is 25.1. The lowest BCUT2D eigenvalue weighted by Crippen LogP contribution is -2.69. The maximum absolute atomic E-state index is 12.4. The smallest absolute Gasteiger partial charge is 0.335 e. The number of amides is 2. The highest BCUT2D eigenvalue weighted by molar-refractivity contribution is 5.74. The molecule has 8 nitrogen and oxygen atoms in total. The summed E-state index contributed by atoms with van der Waals surface area (Å²) in [5, 5.41) is 19.1. The molecule has 3 unspecified atom stereocenters. The highest BCUT2D eigenvalue weighted by Gasteiger charge is 2.36. The minimum Gasteiger partial charge on any atom is -0.335 e. The number of carbonyl (C=O) groups is 1. The molecule has 2 aliphatic rings. The number of urea groups is 1. The Labute approximate surface area is 176 Å². The number of ether oxygens (including phenoxy) is 1. The first-order valence-electron chi connectivity index (χ1n) is 10.9. The zero-order chi connectivity index (χ0) is 22.1. The van der Waals surface area contributed by atoms with Crippen LogP contribution in [0.3, 0.4) is 0 Å². The summed E-state index contributed by atoms with van der Waals surface area (Å²) in [6.07, 6.45) is -2.35. The van der Waals surface area contributed by atoms with Crippen molar-refractivity contribution in [3.63, 3.8) is 0 Å². The number of hydrogen-bond donors (Lipinski definition) is 6. The number of alkyl halides is 3. The van der Waals surface area contributed by atoms with Crippen LogP contribution in [-0.2, 0) is 4.74 Å². The molecule has 0 aromatic heterocycles. The van der Waals surface area contributed by atoms with E-state index in [1.807, 2.05) is 7.05 Å². The number of nitrogens with one attached hydrogen (secondary N) is 6. The molecule has 0 aromatic carbocycles. The quantitative estimate of drug-likeness (QED) is 0.306. The van der Waals surface area contributed by atoms with Gasteiger partial charge in [0, 0.05) is 12.1 Å². The van der Waals surface area contributed by atoms with E-state index in [9.17, 15) is 18.0 Å². The molecule has 0 aromatic rings. The second-order valence-electron chi connectivity index (χ2n) is 8.47. The van der Waals surface area contributed by atoms with Crippen molar-refractivity contribution in [3.8, 4) is 0 Å². The SMILES string of the molecule is CNCCCNC1CC(C(C)C)NC(NC(=O)NC2CCC(OC(F)(F)F)CC2)N1. The Morgan fingerprint density at radius 2 is 1.80 bits per heavy atom. The van der Waals surface area contributed by atoms with Crippen molar-refractivity contribution in [1.29, 1.82) is 0 Å². The molecular weight excluding hydrogens is 401 g/mol. The van der Waals surface area contributed by atoms with E-state index in [2.05, 4.69) is 50.5 Å². The van der Waals surface area contributed by atoms with Crippen LogP contribution in [0.5, 0.6) is 0 Å². The predicted molar refractivity (Wildman–Crippen MR) is 108 cm³/mol. The van der Waals surface area contributed by atoms with E-state index in [1.165, 1.54) is 0 Å². The summed E-state index contributed by atoms with van der Waals surface area (Å²) in [5.74, 6) is 0.407. The molecule has 1 saturated carbocycles. The summed E-state index contributed by atoms with van der Waals surface area (Å²) in [4.78, 5) is 12.4. The Kier molecular flexibility index (Phi) is 10.1.